The number of nitriles is 1. The number of aliphatic carboxylic acids is 1. The van der Waals surface area contributed by atoms with Crippen LogP contribution in [0.3, 0.4) is 0 Å². The van der Waals surface area contributed by atoms with E-state index in [9.17, 15) is 4.79 Å². The van der Waals surface area contributed by atoms with E-state index in [4.69, 9.17) is 26.7 Å². The zero-order chi connectivity index (χ0) is 13.8. The Morgan fingerprint density at radius 1 is 1.58 bits per heavy atom. The lowest BCUT2D eigenvalue weighted by atomic mass is 10.2. The number of anilines is 1. The van der Waals surface area contributed by atoms with E-state index < -0.39 is 12.1 Å². The maximum absolute atomic E-state index is 10.7. The molecule has 2 atom stereocenters. The van der Waals surface area contributed by atoms with Gasteiger partial charge in [0.1, 0.15) is 0 Å². The van der Waals surface area contributed by atoms with Gasteiger partial charge in [-0.25, -0.2) is 4.79 Å². The number of carboxylic acids is 1. The molecule has 2 rings (SSSR count). The summed E-state index contributed by atoms with van der Waals surface area (Å²) in [5.41, 5.74) is 1.21. The van der Waals surface area contributed by atoms with Crippen molar-refractivity contribution in [1.29, 1.82) is 5.26 Å². The third kappa shape index (κ3) is 3.37. The van der Waals surface area contributed by atoms with Gasteiger partial charge in [0.15, 0.2) is 6.10 Å². The van der Waals surface area contributed by atoms with Crippen molar-refractivity contribution >= 4 is 23.3 Å². The summed E-state index contributed by atoms with van der Waals surface area (Å²) in [6, 6.07) is 6.99. The van der Waals surface area contributed by atoms with E-state index in [0.717, 1.165) is 0 Å². The maximum Gasteiger partial charge on any atom is 0.332 e. The summed E-state index contributed by atoms with van der Waals surface area (Å²) in [5, 5.41) is 21.1. The van der Waals surface area contributed by atoms with Crippen molar-refractivity contribution < 1.29 is 14.6 Å². The van der Waals surface area contributed by atoms with Crippen LogP contribution in [-0.2, 0) is 9.53 Å². The largest absolute Gasteiger partial charge is 0.479 e. The monoisotopic (exact) mass is 280 g/mol. The van der Waals surface area contributed by atoms with Gasteiger partial charge in [-0.05, 0) is 31.0 Å². The van der Waals surface area contributed by atoms with Gasteiger partial charge in [0.05, 0.1) is 28.4 Å². The van der Waals surface area contributed by atoms with Gasteiger partial charge >= 0.3 is 5.97 Å². The zero-order valence-corrected chi connectivity index (χ0v) is 10.9. The van der Waals surface area contributed by atoms with Gasteiger partial charge in [0, 0.05) is 6.54 Å². The molecule has 6 heteroatoms. The van der Waals surface area contributed by atoms with Gasteiger partial charge in [-0.2, -0.15) is 5.26 Å². The number of nitrogens with zero attached hydrogens (tertiary/aromatic N) is 1. The van der Waals surface area contributed by atoms with Crippen molar-refractivity contribution in [2.45, 2.75) is 25.0 Å². The minimum atomic E-state index is -0.918. The molecule has 1 aliphatic rings. The standard InChI is InChI=1S/C13H13ClN2O3/c14-10-5-8(6-15)1-3-11(10)16-7-9-2-4-12(19-9)13(17)18/h1,3,5,9,12,16H,2,4,7H2,(H,17,18). The molecule has 1 fully saturated rings. The van der Waals surface area contributed by atoms with Crippen LogP contribution in [-0.4, -0.2) is 29.8 Å². The smallest absolute Gasteiger partial charge is 0.332 e. The molecule has 5 nitrogen and oxygen atoms in total. The molecule has 0 aromatic heterocycles. The number of ether oxygens (including phenoxy) is 1. The van der Waals surface area contributed by atoms with Crippen LogP contribution in [0, 0.1) is 11.3 Å². The lowest BCUT2D eigenvalue weighted by molar-refractivity contribution is -0.149. The second-order valence-corrected chi connectivity index (χ2v) is 4.76. The molecule has 0 bridgehead atoms. The second-order valence-electron chi connectivity index (χ2n) is 4.35. The molecule has 100 valence electrons. The molecule has 19 heavy (non-hydrogen) atoms. The summed E-state index contributed by atoms with van der Waals surface area (Å²) in [7, 11) is 0. The van der Waals surface area contributed by atoms with Crippen molar-refractivity contribution in [3.8, 4) is 6.07 Å². The Morgan fingerprint density at radius 3 is 2.95 bits per heavy atom. The Balaban J connectivity index is 1.90. The molecule has 1 heterocycles. The van der Waals surface area contributed by atoms with Gasteiger partial charge in [-0.15, -0.1) is 0 Å². The summed E-state index contributed by atoms with van der Waals surface area (Å²) < 4.78 is 5.37. The van der Waals surface area contributed by atoms with Crippen LogP contribution in [0.15, 0.2) is 18.2 Å². The highest BCUT2D eigenvalue weighted by Gasteiger charge is 2.30. The summed E-state index contributed by atoms with van der Waals surface area (Å²) in [6.45, 7) is 0.495. The second kappa shape index (κ2) is 5.91. The fraction of sp³-hybridized carbons (Fsp3) is 0.385. The van der Waals surface area contributed by atoms with E-state index in [0.29, 0.717) is 35.7 Å². The van der Waals surface area contributed by atoms with Crippen LogP contribution < -0.4 is 5.32 Å². The molecule has 0 saturated carbocycles. The molecular formula is C13H13ClN2O3. The fourth-order valence-electron chi connectivity index (χ4n) is 1.99. The third-order valence-electron chi connectivity index (χ3n) is 3.00. The van der Waals surface area contributed by atoms with Gasteiger partial charge in [0.2, 0.25) is 0 Å². The van der Waals surface area contributed by atoms with E-state index >= 15 is 0 Å². The number of hydrogen-bond acceptors (Lipinski definition) is 4. The fourth-order valence-corrected chi connectivity index (χ4v) is 2.24. The first kappa shape index (κ1) is 13.7. The van der Waals surface area contributed by atoms with Crippen molar-refractivity contribution in [3.63, 3.8) is 0 Å². The molecule has 1 aromatic rings. The molecule has 1 saturated heterocycles. The number of hydrogen-bond donors (Lipinski definition) is 2. The van der Waals surface area contributed by atoms with E-state index in [2.05, 4.69) is 5.32 Å². The third-order valence-corrected chi connectivity index (χ3v) is 3.31. The first-order valence-electron chi connectivity index (χ1n) is 5.92. The quantitative estimate of drug-likeness (QED) is 0.884. The van der Waals surface area contributed by atoms with E-state index in [-0.39, 0.29) is 6.10 Å². The summed E-state index contributed by atoms with van der Waals surface area (Å²) in [5.74, 6) is -0.918. The number of rotatable bonds is 4. The normalized spacial score (nSPS) is 21.9. The molecule has 0 radical (unpaired) electrons. The van der Waals surface area contributed by atoms with Crippen molar-refractivity contribution in [1.82, 2.24) is 0 Å². The molecular weight excluding hydrogens is 268 g/mol. The number of nitrogens with one attached hydrogen (secondary N) is 1. The van der Waals surface area contributed by atoms with Crippen LogP contribution in [0.25, 0.3) is 0 Å². The SMILES string of the molecule is N#Cc1ccc(NCC2CCC(C(=O)O)O2)c(Cl)c1. The van der Waals surface area contributed by atoms with E-state index in [1.165, 1.54) is 0 Å². The number of carboxylic acid groups (broad SMARTS) is 1. The highest BCUT2D eigenvalue weighted by molar-refractivity contribution is 6.33. The molecule has 1 aromatic carbocycles. The Labute approximate surface area is 115 Å². The predicted octanol–water partition coefficient (Wildman–Crippen LogP) is 2.26. The minimum absolute atomic E-state index is 0.132. The van der Waals surface area contributed by atoms with Gasteiger partial charge < -0.3 is 15.2 Å². The van der Waals surface area contributed by atoms with E-state index in [1.54, 1.807) is 18.2 Å². The van der Waals surface area contributed by atoms with Crippen LogP contribution in [0.1, 0.15) is 18.4 Å². The average Bonchev–Trinajstić information content (AvgIpc) is 2.86. The Kier molecular flexibility index (Phi) is 4.25. The van der Waals surface area contributed by atoms with Gasteiger partial charge in [-0.3, -0.25) is 0 Å². The van der Waals surface area contributed by atoms with Crippen LogP contribution >= 0.6 is 11.6 Å². The van der Waals surface area contributed by atoms with E-state index in [1.807, 2.05) is 6.07 Å². The highest BCUT2D eigenvalue weighted by atomic mass is 35.5. The summed E-state index contributed by atoms with van der Waals surface area (Å²) >= 11 is 6.02. The van der Waals surface area contributed by atoms with Gasteiger partial charge in [0.25, 0.3) is 0 Å². The van der Waals surface area contributed by atoms with Crippen LogP contribution in [0.5, 0.6) is 0 Å². The minimum Gasteiger partial charge on any atom is -0.479 e. The van der Waals surface area contributed by atoms with Crippen molar-refractivity contribution in [2.75, 3.05) is 11.9 Å². The number of halogens is 1. The molecule has 0 aliphatic carbocycles. The average molecular weight is 281 g/mol. The summed E-state index contributed by atoms with van der Waals surface area (Å²) in [6.07, 6.45) is 0.400. The van der Waals surface area contributed by atoms with Crippen LogP contribution in [0.2, 0.25) is 5.02 Å². The van der Waals surface area contributed by atoms with Gasteiger partial charge in [-0.1, -0.05) is 11.6 Å². The molecule has 0 spiro atoms. The first-order valence-corrected chi connectivity index (χ1v) is 6.29. The lowest BCUT2D eigenvalue weighted by Gasteiger charge is -2.14. The molecule has 2 unspecified atom stereocenters. The Hall–Kier alpha value is -1.77. The number of carbonyl (C=O) groups is 1. The Bertz CT molecular complexity index is 527. The van der Waals surface area contributed by atoms with Crippen molar-refractivity contribution in [2.24, 2.45) is 0 Å². The molecule has 1 aliphatic heterocycles. The summed E-state index contributed by atoms with van der Waals surface area (Å²) in [4.78, 5) is 10.7. The predicted molar refractivity (Wildman–Crippen MR) is 70.2 cm³/mol. The lowest BCUT2D eigenvalue weighted by Crippen LogP contribution is -2.24. The maximum atomic E-state index is 10.7. The molecule has 0 amide bonds. The molecule has 2 N–H and O–H groups in total. The van der Waals surface area contributed by atoms with Crippen molar-refractivity contribution in [3.05, 3.63) is 28.8 Å². The topological polar surface area (TPSA) is 82.4 Å². The Morgan fingerprint density at radius 2 is 2.37 bits per heavy atom. The number of benzene rings is 1. The highest BCUT2D eigenvalue weighted by Crippen LogP contribution is 2.25. The zero-order valence-electron chi connectivity index (χ0n) is 10.1. The first-order chi connectivity index (χ1) is 9.10. The van der Waals surface area contributed by atoms with Crippen LogP contribution in [0.4, 0.5) is 5.69 Å².